The van der Waals surface area contributed by atoms with E-state index in [-0.39, 0.29) is 25.7 Å². The zero-order chi connectivity index (χ0) is 78.9. The number of carbonyl (C=O) groups excluding carboxylic acids is 4. The smallest absolute Gasteiger partial charge is 0.462 e. The molecular formula is C89H146O17P2. The number of rotatable bonds is 76. The lowest BCUT2D eigenvalue weighted by Gasteiger charge is -2.21. The molecule has 0 aromatic heterocycles. The fourth-order valence-corrected chi connectivity index (χ4v) is 11.9. The number of hydrogen-bond donors (Lipinski definition) is 3. The van der Waals surface area contributed by atoms with Crippen molar-refractivity contribution in [3.8, 4) is 0 Å². The van der Waals surface area contributed by atoms with Gasteiger partial charge >= 0.3 is 39.5 Å². The predicted octanol–water partition coefficient (Wildman–Crippen LogP) is 24.6. The van der Waals surface area contributed by atoms with Crippen molar-refractivity contribution in [1.29, 1.82) is 0 Å². The van der Waals surface area contributed by atoms with Crippen LogP contribution in [0.5, 0.6) is 0 Å². The van der Waals surface area contributed by atoms with Crippen LogP contribution in [0.15, 0.2) is 170 Å². The lowest BCUT2D eigenvalue weighted by Crippen LogP contribution is -2.30. The van der Waals surface area contributed by atoms with Crippen LogP contribution in [0.2, 0.25) is 0 Å². The standard InChI is InChI=1S/C89H146O17P2/c1-5-9-13-17-21-25-29-33-37-40-41-44-48-52-56-60-64-68-72-76-89(94)106-85(80-100-87(92)74-70-66-62-58-54-50-47-43-39-35-31-27-23-19-15-11-7-3)82-104-108(97,98)102-78-83(90)77-101-107(95,96)103-81-84(105-88(93)75-71-67-63-59-55-51-45-36-32-28-24-20-16-12-8-4)79-99-86(91)73-69-65-61-57-53-49-46-42-38-34-30-26-22-18-14-10-6-2/h9,13,21-23,25-28,32-35,37-39,41,44,46-47,49-50,52,56-58,61-62,83-85,90H,5-8,10-12,14-20,24,29-31,36,40,42-43,45,48,51,53-55,59-60,63-82H2,1-4H3,(H,95,96)(H,97,98)/b13-9-,25-21-,26-22-,27-23-,32-28-,37-33-,38-34-,39-35-,44-41-,49-46-,50-47-,56-52-,61-57-,62-58-/t83-,84+,85+/m0/s1. The number of carbonyl (C=O) groups is 4. The number of ether oxygens (including phenoxy) is 4. The van der Waals surface area contributed by atoms with Crippen LogP contribution in [-0.4, -0.2) is 96.7 Å². The van der Waals surface area contributed by atoms with Crippen molar-refractivity contribution in [2.75, 3.05) is 39.6 Å². The summed E-state index contributed by atoms with van der Waals surface area (Å²) >= 11 is 0. The van der Waals surface area contributed by atoms with Gasteiger partial charge in [0.15, 0.2) is 12.2 Å². The quantitative estimate of drug-likeness (QED) is 0.0169. The van der Waals surface area contributed by atoms with Crippen LogP contribution in [-0.2, 0) is 65.4 Å². The third-order valence-electron chi connectivity index (χ3n) is 16.6. The molecule has 0 fully saturated rings. The number of aliphatic hydroxyl groups excluding tert-OH is 1. The van der Waals surface area contributed by atoms with Gasteiger partial charge < -0.3 is 33.8 Å². The van der Waals surface area contributed by atoms with E-state index in [1.165, 1.54) is 64.2 Å². The summed E-state index contributed by atoms with van der Waals surface area (Å²) in [7, 11) is -10.0. The summed E-state index contributed by atoms with van der Waals surface area (Å²) < 4.78 is 68.6. The van der Waals surface area contributed by atoms with E-state index in [9.17, 15) is 43.2 Å². The summed E-state index contributed by atoms with van der Waals surface area (Å²) in [4.78, 5) is 73.1. The van der Waals surface area contributed by atoms with Gasteiger partial charge in [-0.25, -0.2) is 9.13 Å². The highest BCUT2D eigenvalue weighted by atomic mass is 31.2. The first-order valence-electron chi connectivity index (χ1n) is 41.4. The summed E-state index contributed by atoms with van der Waals surface area (Å²) in [6.07, 6.45) is 94.8. The van der Waals surface area contributed by atoms with Crippen molar-refractivity contribution in [1.82, 2.24) is 0 Å². The second-order valence-corrected chi connectivity index (χ2v) is 29.9. The zero-order valence-electron chi connectivity index (χ0n) is 67.2. The fourth-order valence-electron chi connectivity index (χ4n) is 10.3. The Morgan fingerprint density at radius 3 is 0.806 bits per heavy atom. The molecule has 0 amide bonds. The molecule has 0 aliphatic heterocycles. The lowest BCUT2D eigenvalue weighted by atomic mass is 10.1. The first-order chi connectivity index (χ1) is 52.7. The van der Waals surface area contributed by atoms with Crippen molar-refractivity contribution < 1.29 is 80.2 Å². The number of phosphoric ester groups is 2. The molecule has 17 nitrogen and oxygen atoms in total. The Kier molecular flexibility index (Phi) is 75.4. The van der Waals surface area contributed by atoms with Gasteiger partial charge in [-0.15, -0.1) is 0 Å². The van der Waals surface area contributed by atoms with E-state index in [0.29, 0.717) is 38.5 Å². The second kappa shape index (κ2) is 79.5. The summed E-state index contributed by atoms with van der Waals surface area (Å²) in [5, 5.41) is 10.7. The maximum Gasteiger partial charge on any atom is 0.472 e. The molecule has 5 atom stereocenters. The third kappa shape index (κ3) is 78.5. The molecule has 0 saturated heterocycles. The van der Waals surface area contributed by atoms with Gasteiger partial charge in [0.25, 0.3) is 0 Å². The topological polar surface area (TPSA) is 237 Å². The Morgan fingerprint density at radius 2 is 0.491 bits per heavy atom. The lowest BCUT2D eigenvalue weighted by molar-refractivity contribution is -0.161. The number of esters is 4. The van der Waals surface area contributed by atoms with E-state index >= 15 is 0 Å². The van der Waals surface area contributed by atoms with Crippen LogP contribution in [0.1, 0.15) is 310 Å². The van der Waals surface area contributed by atoms with Crippen LogP contribution in [0, 0.1) is 0 Å². The van der Waals surface area contributed by atoms with Crippen molar-refractivity contribution in [3.63, 3.8) is 0 Å². The maximum atomic E-state index is 13.1. The molecule has 0 saturated carbocycles. The van der Waals surface area contributed by atoms with Gasteiger partial charge in [-0.3, -0.25) is 37.3 Å². The normalized spacial score (nSPS) is 14.7. The number of allylic oxidation sites excluding steroid dienone is 28. The highest BCUT2D eigenvalue weighted by molar-refractivity contribution is 7.47. The van der Waals surface area contributed by atoms with Crippen molar-refractivity contribution in [2.24, 2.45) is 0 Å². The molecule has 0 aromatic carbocycles. The summed E-state index contributed by atoms with van der Waals surface area (Å²) in [6.45, 7) is 4.52. The molecule has 3 N–H and O–H groups in total. The molecule has 0 aliphatic carbocycles. The van der Waals surface area contributed by atoms with Gasteiger partial charge in [-0.05, 0) is 173 Å². The number of unbranched alkanes of at least 4 members (excludes halogenated alkanes) is 22. The second-order valence-electron chi connectivity index (χ2n) is 27.0. The highest BCUT2D eigenvalue weighted by Crippen LogP contribution is 2.45. The summed E-state index contributed by atoms with van der Waals surface area (Å²) in [6, 6.07) is 0. The molecule has 0 radical (unpaired) electrons. The first-order valence-corrected chi connectivity index (χ1v) is 44.4. The molecule has 614 valence electrons. The third-order valence-corrected chi connectivity index (χ3v) is 18.5. The van der Waals surface area contributed by atoms with Crippen LogP contribution in [0.3, 0.4) is 0 Å². The highest BCUT2D eigenvalue weighted by Gasteiger charge is 2.30. The van der Waals surface area contributed by atoms with E-state index < -0.39 is 97.5 Å². The first kappa shape index (κ1) is 102. The molecule has 0 aliphatic rings. The van der Waals surface area contributed by atoms with Gasteiger partial charge in [0.1, 0.15) is 19.3 Å². The molecule has 108 heavy (non-hydrogen) atoms. The average molecular weight is 1550 g/mol. The molecule has 19 heteroatoms. The SMILES string of the molecule is CC/C=C\C/C=C\C/C=C\C/C=C\C/C=C\CCCCCC(=O)O[C@H](COC(=O)CCC/C=C\C/C=C\C/C=C\C/C=C\CCCCC)COP(=O)(O)OC[C@@H](O)COP(=O)(O)OC[C@@H](COC(=O)CCC/C=C\C/C=C\C/C=C\C/C=C\CCCCC)OC(=O)CCCCCCCCC/C=C\CCCCCC. The Labute approximate surface area is 654 Å². The zero-order valence-corrected chi connectivity index (χ0v) is 69.0. The van der Waals surface area contributed by atoms with E-state index in [1.54, 1.807) is 0 Å². The van der Waals surface area contributed by atoms with E-state index in [1.807, 2.05) is 24.3 Å². The minimum atomic E-state index is -5.01. The van der Waals surface area contributed by atoms with Crippen LogP contribution >= 0.6 is 15.6 Å². The van der Waals surface area contributed by atoms with Crippen molar-refractivity contribution in [3.05, 3.63) is 170 Å². The Hall–Kier alpha value is -5.58. The summed E-state index contributed by atoms with van der Waals surface area (Å²) in [5.74, 6) is -2.36. The molecule has 0 rings (SSSR count). The average Bonchev–Trinajstić information content (AvgIpc) is 0.907. The Balaban J connectivity index is 5.52. The van der Waals surface area contributed by atoms with Gasteiger partial charge in [0.05, 0.1) is 26.4 Å². The Morgan fingerprint density at radius 1 is 0.269 bits per heavy atom. The van der Waals surface area contributed by atoms with Gasteiger partial charge in [0, 0.05) is 25.7 Å². The van der Waals surface area contributed by atoms with Crippen LogP contribution in [0.4, 0.5) is 0 Å². The molecular weight excluding hydrogens is 1400 g/mol. The van der Waals surface area contributed by atoms with Crippen LogP contribution < -0.4 is 0 Å². The maximum absolute atomic E-state index is 13.1. The van der Waals surface area contributed by atoms with E-state index in [4.69, 9.17) is 37.0 Å². The Bertz CT molecular complexity index is 2710. The molecule has 0 heterocycles. The van der Waals surface area contributed by atoms with Crippen molar-refractivity contribution >= 4 is 39.5 Å². The van der Waals surface area contributed by atoms with E-state index in [0.717, 1.165) is 154 Å². The molecule has 2 unspecified atom stereocenters. The molecule has 0 aromatic rings. The van der Waals surface area contributed by atoms with E-state index in [2.05, 4.69) is 174 Å². The molecule has 0 bridgehead atoms. The number of aliphatic hydroxyl groups is 1. The minimum absolute atomic E-state index is 0.0367. The van der Waals surface area contributed by atoms with Crippen LogP contribution in [0.25, 0.3) is 0 Å². The number of phosphoric acid groups is 2. The van der Waals surface area contributed by atoms with Gasteiger partial charge in [-0.1, -0.05) is 281 Å². The largest absolute Gasteiger partial charge is 0.472 e. The molecule has 0 spiro atoms. The van der Waals surface area contributed by atoms with Gasteiger partial charge in [0.2, 0.25) is 0 Å². The number of hydrogen-bond acceptors (Lipinski definition) is 15. The summed E-state index contributed by atoms with van der Waals surface area (Å²) in [5.41, 5.74) is 0. The van der Waals surface area contributed by atoms with Crippen molar-refractivity contribution in [2.45, 2.75) is 329 Å². The monoisotopic (exact) mass is 1550 g/mol. The minimum Gasteiger partial charge on any atom is -0.462 e. The van der Waals surface area contributed by atoms with Gasteiger partial charge in [-0.2, -0.15) is 0 Å². The predicted molar refractivity (Wildman–Crippen MR) is 445 cm³/mol. The fraction of sp³-hybridized carbons (Fsp3) is 0.640.